The lowest BCUT2D eigenvalue weighted by Crippen LogP contribution is -2.69. The number of carbonyl (C=O) groups is 2. The van der Waals surface area contributed by atoms with E-state index in [-0.39, 0.29) is 17.0 Å². The van der Waals surface area contributed by atoms with Gasteiger partial charge in [0.05, 0.1) is 0 Å². The van der Waals surface area contributed by atoms with Crippen molar-refractivity contribution in [2.45, 2.75) is 49.6 Å². The number of nitrogens with one attached hydrogen (secondary N) is 2. The molecule has 4 saturated carbocycles. The molecule has 4 nitrogen and oxygen atoms in total. The molecule has 4 aliphatic carbocycles. The maximum Gasteiger partial charge on any atom is 0.251 e. The zero-order chi connectivity index (χ0) is 16.1. The van der Waals surface area contributed by atoms with Gasteiger partial charge in [0.15, 0.2) is 0 Å². The SMILES string of the molecule is O=CNC12CC3CC(C1)CC(NC(=O)c1cccc(F)c1)(C3)C2. The molecule has 2 atom stereocenters. The molecule has 0 saturated heterocycles. The van der Waals surface area contributed by atoms with Gasteiger partial charge in [-0.3, -0.25) is 9.59 Å². The molecule has 1 aromatic rings. The Hall–Kier alpha value is -1.91. The van der Waals surface area contributed by atoms with Crippen molar-refractivity contribution in [1.29, 1.82) is 0 Å². The second-order valence-corrected chi connectivity index (χ2v) is 7.75. The van der Waals surface area contributed by atoms with E-state index in [1.54, 1.807) is 12.1 Å². The molecule has 4 fully saturated rings. The molecular formula is C18H21FN2O2. The van der Waals surface area contributed by atoms with Gasteiger partial charge in [0.1, 0.15) is 5.82 Å². The predicted octanol–water partition coefficient (Wildman–Crippen LogP) is 2.39. The van der Waals surface area contributed by atoms with E-state index in [4.69, 9.17) is 0 Å². The van der Waals surface area contributed by atoms with Crippen molar-refractivity contribution in [3.05, 3.63) is 35.6 Å². The molecule has 4 bridgehead atoms. The van der Waals surface area contributed by atoms with Crippen LogP contribution < -0.4 is 10.6 Å². The maximum absolute atomic E-state index is 13.4. The predicted molar refractivity (Wildman–Crippen MR) is 83.2 cm³/mol. The molecule has 122 valence electrons. The van der Waals surface area contributed by atoms with Crippen molar-refractivity contribution in [3.8, 4) is 0 Å². The zero-order valence-electron chi connectivity index (χ0n) is 13.0. The summed E-state index contributed by atoms with van der Waals surface area (Å²) < 4.78 is 13.4. The molecular weight excluding hydrogens is 295 g/mol. The second-order valence-electron chi connectivity index (χ2n) is 7.75. The van der Waals surface area contributed by atoms with Crippen LogP contribution >= 0.6 is 0 Å². The lowest BCUT2D eigenvalue weighted by Gasteiger charge is -2.62. The largest absolute Gasteiger partial charge is 0.353 e. The standard InChI is InChI=1S/C18H21FN2O2/c19-15-3-1-2-14(5-15)16(23)21-18-8-12-4-13(9-18)7-17(6-12,10-18)20-11-22/h1-3,5,11-13H,4,6-10H2,(H,20,22)(H,21,23). The smallest absolute Gasteiger partial charge is 0.251 e. The molecule has 23 heavy (non-hydrogen) atoms. The number of halogens is 1. The first-order chi connectivity index (χ1) is 11.0. The molecule has 5 rings (SSSR count). The number of rotatable bonds is 4. The van der Waals surface area contributed by atoms with Crippen molar-refractivity contribution in [2.24, 2.45) is 11.8 Å². The number of hydrogen-bond acceptors (Lipinski definition) is 2. The quantitative estimate of drug-likeness (QED) is 0.838. The summed E-state index contributed by atoms with van der Waals surface area (Å²) in [7, 11) is 0. The topological polar surface area (TPSA) is 58.2 Å². The minimum absolute atomic E-state index is 0.166. The summed E-state index contributed by atoms with van der Waals surface area (Å²) in [4.78, 5) is 23.6. The van der Waals surface area contributed by atoms with E-state index in [1.807, 2.05) is 0 Å². The Labute approximate surface area is 134 Å². The van der Waals surface area contributed by atoms with E-state index < -0.39 is 5.82 Å². The summed E-state index contributed by atoms with van der Waals surface area (Å²) >= 11 is 0. The number of carbonyl (C=O) groups excluding carboxylic acids is 2. The van der Waals surface area contributed by atoms with E-state index in [9.17, 15) is 14.0 Å². The zero-order valence-corrected chi connectivity index (χ0v) is 13.0. The third-order valence-electron chi connectivity index (χ3n) is 5.89. The van der Waals surface area contributed by atoms with Crippen LogP contribution in [0.2, 0.25) is 0 Å². The Balaban J connectivity index is 1.58. The van der Waals surface area contributed by atoms with Crippen LogP contribution in [0.15, 0.2) is 24.3 Å². The fourth-order valence-corrected chi connectivity index (χ4v) is 5.65. The minimum atomic E-state index is -0.401. The van der Waals surface area contributed by atoms with Gasteiger partial charge in [0.25, 0.3) is 5.91 Å². The number of amides is 2. The van der Waals surface area contributed by atoms with Crippen molar-refractivity contribution in [3.63, 3.8) is 0 Å². The Morgan fingerprint density at radius 3 is 2.52 bits per heavy atom. The van der Waals surface area contributed by atoms with E-state index in [1.165, 1.54) is 18.6 Å². The fraction of sp³-hybridized carbons (Fsp3) is 0.556. The highest BCUT2D eigenvalue weighted by atomic mass is 19.1. The average molecular weight is 316 g/mol. The minimum Gasteiger partial charge on any atom is -0.353 e. The first-order valence-corrected chi connectivity index (χ1v) is 8.31. The molecule has 0 spiro atoms. The van der Waals surface area contributed by atoms with Gasteiger partial charge in [-0.25, -0.2) is 4.39 Å². The van der Waals surface area contributed by atoms with Crippen LogP contribution in [-0.2, 0) is 4.79 Å². The summed E-state index contributed by atoms with van der Waals surface area (Å²) in [6.45, 7) is 0. The van der Waals surface area contributed by atoms with Gasteiger partial charge in [-0.1, -0.05) is 6.07 Å². The normalized spacial score (nSPS) is 37.4. The lowest BCUT2D eigenvalue weighted by molar-refractivity contribution is -0.116. The van der Waals surface area contributed by atoms with Crippen LogP contribution in [0.25, 0.3) is 0 Å². The van der Waals surface area contributed by atoms with Crippen LogP contribution in [0.1, 0.15) is 48.9 Å². The molecule has 5 heteroatoms. The maximum atomic E-state index is 13.4. The first kappa shape index (κ1) is 14.7. The van der Waals surface area contributed by atoms with Gasteiger partial charge in [-0.15, -0.1) is 0 Å². The fourth-order valence-electron chi connectivity index (χ4n) is 5.65. The summed E-state index contributed by atoms with van der Waals surface area (Å²) in [6, 6.07) is 5.80. The van der Waals surface area contributed by atoms with E-state index >= 15 is 0 Å². The molecule has 2 unspecified atom stereocenters. The summed E-state index contributed by atoms with van der Waals surface area (Å²) in [5.74, 6) is 0.489. The molecule has 2 amide bonds. The van der Waals surface area contributed by atoms with Crippen molar-refractivity contribution in [1.82, 2.24) is 10.6 Å². The van der Waals surface area contributed by atoms with Crippen LogP contribution in [0.3, 0.4) is 0 Å². The third kappa shape index (κ3) is 2.52. The summed E-state index contributed by atoms with van der Waals surface area (Å²) in [5.41, 5.74) is -0.0667. The number of hydrogen-bond donors (Lipinski definition) is 2. The van der Waals surface area contributed by atoms with Gasteiger partial charge in [-0.05, 0) is 68.6 Å². The van der Waals surface area contributed by atoms with E-state index in [0.29, 0.717) is 17.4 Å². The highest BCUT2D eigenvalue weighted by molar-refractivity contribution is 5.94. The van der Waals surface area contributed by atoms with Crippen molar-refractivity contribution < 1.29 is 14.0 Å². The Bertz CT molecular complexity index is 646. The number of benzene rings is 1. The van der Waals surface area contributed by atoms with E-state index in [2.05, 4.69) is 10.6 Å². The Morgan fingerprint density at radius 2 is 1.87 bits per heavy atom. The summed E-state index contributed by atoms with van der Waals surface area (Å²) in [5, 5.41) is 6.23. The van der Waals surface area contributed by atoms with Crippen molar-refractivity contribution in [2.75, 3.05) is 0 Å². The molecule has 2 N–H and O–H groups in total. The molecule has 4 aliphatic rings. The van der Waals surface area contributed by atoms with E-state index in [0.717, 1.165) is 38.5 Å². The highest BCUT2D eigenvalue weighted by Gasteiger charge is 2.58. The van der Waals surface area contributed by atoms with Crippen LogP contribution in [0, 0.1) is 17.7 Å². The van der Waals surface area contributed by atoms with Gasteiger partial charge in [0.2, 0.25) is 6.41 Å². The highest BCUT2D eigenvalue weighted by Crippen LogP contribution is 2.57. The molecule has 0 aromatic heterocycles. The van der Waals surface area contributed by atoms with Crippen LogP contribution in [-0.4, -0.2) is 23.4 Å². The Morgan fingerprint density at radius 1 is 1.17 bits per heavy atom. The Kier molecular flexibility index (Phi) is 3.22. The van der Waals surface area contributed by atoms with Gasteiger partial charge >= 0.3 is 0 Å². The summed E-state index contributed by atoms with van der Waals surface area (Å²) in [6.07, 6.45) is 6.74. The first-order valence-electron chi connectivity index (χ1n) is 8.31. The third-order valence-corrected chi connectivity index (χ3v) is 5.89. The van der Waals surface area contributed by atoms with Crippen molar-refractivity contribution >= 4 is 12.3 Å². The molecule has 0 aliphatic heterocycles. The van der Waals surface area contributed by atoms with Gasteiger partial charge in [0, 0.05) is 16.6 Å². The van der Waals surface area contributed by atoms with Gasteiger partial charge < -0.3 is 10.6 Å². The van der Waals surface area contributed by atoms with Crippen LogP contribution in [0.5, 0.6) is 0 Å². The lowest BCUT2D eigenvalue weighted by atomic mass is 9.50. The molecule has 1 aromatic carbocycles. The molecule has 0 radical (unpaired) electrons. The second kappa shape index (κ2) is 5.05. The van der Waals surface area contributed by atoms with Crippen LogP contribution in [0.4, 0.5) is 4.39 Å². The molecule has 0 heterocycles. The monoisotopic (exact) mass is 316 g/mol. The average Bonchev–Trinajstić information content (AvgIpc) is 2.45. The van der Waals surface area contributed by atoms with Gasteiger partial charge in [-0.2, -0.15) is 0 Å².